The Morgan fingerprint density at radius 3 is 2.42 bits per heavy atom. The number of carbonyl (C=O) groups excluding carboxylic acids is 1. The number of hydrogen-bond donors (Lipinski definition) is 2. The Balaban J connectivity index is 1.86. The van der Waals surface area contributed by atoms with Crippen molar-refractivity contribution in [2.75, 3.05) is 19.0 Å². The zero-order valence-electron chi connectivity index (χ0n) is 18.1. The maximum atomic E-state index is 12.9. The molecule has 0 aliphatic carbocycles. The highest BCUT2D eigenvalue weighted by Crippen LogP contribution is 2.35. The van der Waals surface area contributed by atoms with E-state index in [0.29, 0.717) is 17.3 Å². The minimum Gasteiger partial charge on any atom is -0.474 e. The average Bonchev–Trinajstić information content (AvgIpc) is 3.12. The number of sulfonamides is 1. The number of methoxy groups -OCH3 is 1. The Morgan fingerprint density at radius 2 is 1.87 bits per heavy atom. The Hall–Kier alpha value is -2.30. The molecule has 3 rings (SSSR count). The molecule has 1 aromatic heterocycles. The highest BCUT2D eigenvalue weighted by atomic mass is 35.5. The van der Waals surface area contributed by atoms with Crippen LogP contribution in [0.1, 0.15) is 50.7 Å². The van der Waals surface area contributed by atoms with Gasteiger partial charge in [-0.2, -0.15) is 5.10 Å². The van der Waals surface area contributed by atoms with E-state index in [2.05, 4.69) is 15.1 Å². The van der Waals surface area contributed by atoms with Gasteiger partial charge < -0.3 is 14.8 Å². The molecule has 0 unspecified atom stereocenters. The Bertz CT molecular complexity index is 1050. The molecule has 170 valence electrons. The minimum atomic E-state index is -4.21. The Morgan fingerprint density at radius 1 is 1.26 bits per heavy atom. The molecule has 0 fully saturated rings. The van der Waals surface area contributed by atoms with E-state index in [9.17, 15) is 13.2 Å². The number of halogens is 1. The first-order valence-corrected chi connectivity index (χ1v) is 11.8. The zero-order valence-corrected chi connectivity index (χ0v) is 19.7. The van der Waals surface area contributed by atoms with Gasteiger partial charge >= 0.3 is 6.03 Å². The fourth-order valence-corrected chi connectivity index (χ4v) is 4.62. The number of benzene rings is 1. The molecule has 2 N–H and O–H groups in total. The molecular weight excluding hydrogens is 444 g/mol. The van der Waals surface area contributed by atoms with Crippen molar-refractivity contribution >= 4 is 33.3 Å². The molecule has 1 aromatic carbocycles. The third kappa shape index (κ3) is 4.97. The van der Waals surface area contributed by atoms with Crippen LogP contribution in [0.2, 0.25) is 5.02 Å². The molecular formula is C20H27ClN4O5S. The number of rotatable bonds is 6. The third-order valence-corrected chi connectivity index (χ3v) is 6.57. The largest absolute Gasteiger partial charge is 0.474 e. The van der Waals surface area contributed by atoms with Crippen LogP contribution in [0.4, 0.5) is 10.5 Å². The summed E-state index contributed by atoms with van der Waals surface area (Å²) in [5.41, 5.74) is 2.19. The summed E-state index contributed by atoms with van der Waals surface area (Å²) in [5, 5.41) is 7.31. The fourth-order valence-electron chi connectivity index (χ4n) is 3.40. The maximum Gasteiger partial charge on any atom is 0.333 e. The van der Waals surface area contributed by atoms with Crippen LogP contribution in [0.25, 0.3) is 0 Å². The predicted octanol–water partition coefficient (Wildman–Crippen LogP) is 3.70. The predicted molar refractivity (Wildman–Crippen MR) is 117 cm³/mol. The van der Waals surface area contributed by atoms with Gasteiger partial charge in [-0.15, -0.1) is 0 Å². The molecule has 2 amide bonds. The number of nitrogens with one attached hydrogen (secondary N) is 2. The highest BCUT2D eigenvalue weighted by Gasteiger charge is 2.31. The number of ether oxygens (including phenoxy) is 2. The lowest BCUT2D eigenvalue weighted by atomic mass is 9.92. The third-order valence-electron chi connectivity index (χ3n) is 5.04. The van der Waals surface area contributed by atoms with Crippen LogP contribution in [0.3, 0.4) is 0 Å². The van der Waals surface area contributed by atoms with Crippen molar-refractivity contribution < 1.29 is 22.7 Å². The van der Waals surface area contributed by atoms with Gasteiger partial charge in [0.1, 0.15) is 12.7 Å². The van der Waals surface area contributed by atoms with E-state index in [-0.39, 0.29) is 35.3 Å². The van der Waals surface area contributed by atoms with Crippen molar-refractivity contribution in [3.63, 3.8) is 0 Å². The van der Waals surface area contributed by atoms with Gasteiger partial charge in [0.2, 0.25) is 5.88 Å². The molecule has 0 radical (unpaired) electrons. The van der Waals surface area contributed by atoms with Gasteiger partial charge in [0.15, 0.2) is 4.90 Å². The lowest BCUT2D eigenvalue weighted by Gasteiger charge is -2.23. The van der Waals surface area contributed by atoms with Crippen molar-refractivity contribution in [2.45, 2.75) is 57.1 Å². The molecule has 0 bridgehead atoms. The van der Waals surface area contributed by atoms with Gasteiger partial charge in [-0.3, -0.25) is 0 Å². The summed E-state index contributed by atoms with van der Waals surface area (Å²) in [7, 11) is -2.67. The lowest BCUT2D eigenvalue weighted by molar-refractivity contribution is 0.0165. The summed E-state index contributed by atoms with van der Waals surface area (Å²) in [6, 6.07) is 2.67. The van der Waals surface area contributed by atoms with E-state index in [1.54, 1.807) is 19.2 Å². The molecule has 2 heterocycles. The first-order chi connectivity index (χ1) is 14.5. The summed E-state index contributed by atoms with van der Waals surface area (Å²) in [6.45, 7) is 8.43. The molecule has 0 spiro atoms. The molecule has 1 aliphatic heterocycles. The van der Waals surface area contributed by atoms with E-state index in [1.165, 1.54) is 4.68 Å². The van der Waals surface area contributed by atoms with Gasteiger partial charge in [-0.05, 0) is 35.1 Å². The number of carbonyl (C=O) groups is 1. The maximum absolute atomic E-state index is 12.9. The van der Waals surface area contributed by atoms with Gasteiger partial charge in [-0.1, -0.05) is 39.3 Å². The summed E-state index contributed by atoms with van der Waals surface area (Å²) in [6.07, 6.45) is 0.928. The van der Waals surface area contributed by atoms with Gasteiger partial charge in [0, 0.05) is 17.8 Å². The Kier molecular flexibility index (Phi) is 6.82. The van der Waals surface area contributed by atoms with Crippen LogP contribution in [-0.2, 0) is 21.3 Å². The van der Waals surface area contributed by atoms with Crippen molar-refractivity contribution in [1.82, 2.24) is 14.5 Å². The van der Waals surface area contributed by atoms with Crippen molar-refractivity contribution in [3.8, 4) is 5.88 Å². The van der Waals surface area contributed by atoms with Crippen LogP contribution >= 0.6 is 11.6 Å². The number of nitrogens with zero attached hydrogens (tertiary/aromatic N) is 2. The van der Waals surface area contributed by atoms with Crippen LogP contribution in [0.5, 0.6) is 5.88 Å². The van der Waals surface area contributed by atoms with Crippen LogP contribution < -0.4 is 14.8 Å². The first kappa shape index (κ1) is 23.4. The second-order valence-corrected chi connectivity index (χ2v) is 10.1. The summed E-state index contributed by atoms with van der Waals surface area (Å²) in [5.74, 6) is 0.201. The number of hydrogen-bond acceptors (Lipinski definition) is 6. The second kappa shape index (κ2) is 9.05. The van der Waals surface area contributed by atoms with Gasteiger partial charge in [-0.25, -0.2) is 22.6 Å². The Labute approximate surface area is 187 Å². The molecule has 0 saturated heterocycles. The number of anilines is 1. The molecule has 0 saturated carbocycles. The standard InChI is InChI=1S/C20H27ClN4O5S/c1-11(2)15-6-13(21)7-16(12(3)4)18(15)23-20(26)24-31(27,28)17-8-22-25-9-14(29-5)10-30-19(17)25/h6-8,11-12,14H,9-10H2,1-5H3,(H2,23,24,26)/t14-/m1/s1. The summed E-state index contributed by atoms with van der Waals surface area (Å²) < 4.78 is 39.9. The SMILES string of the molecule is CO[C@H]1COc2c(S(=O)(=O)NC(=O)Nc3c(C(C)C)cc(Cl)cc3C(C)C)cnn2C1. The summed E-state index contributed by atoms with van der Waals surface area (Å²) in [4.78, 5) is 12.5. The molecule has 1 atom stereocenters. The molecule has 9 nitrogen and oxygen atoms in total. The molecule has 2 aromatic rings. The van der Waals surface area contributed by atoms with Crippen LogP contribution in [0, 0.1) is 0 Å². The lowest BCUT2D eigenvalue weighted by Crippen LogP contribution is -2.36. The molecule has 31 heavy (non-hydrogen) atoms. The van der Waals surface area contributed by atoms with E-state index in [4.69, 9.17) is 21.1 Å². The van der Waals surface area contributed by atoms with Crippen molar-refractivity contribution in [2.24, 2.45) is 0 Å². The zero-order chi connectivity index (χ0) is 22.9. The first-order valence-electron chi connectivity index (χ1n) is 9.92. The number of fused-ring (bicyclic) bond motifs is 1. The van der Waals surface area contributed by atoms with Crippen molar-refractivity contribution in [1.29, 1.82) is 0 Å². The number of amides is 2. The highest BCUT2D eigenvalue weighted by molar-refractivity contribution is 7.90. The smallest absolute Gasteiger partial charge is 0.333 e. The topological polar surface area (TPSA) is 112 Å². The van der Waals surface area contributed by atoms with Crippen LogP contribution in [0.15, 0.2) is 23.2 Å². The fraction of sp³-hybridized carbons (Fsp3) is 0.500. The molecule has 11 heteroatoms. The van der Waals surface area contributed by atoms with E-state index in [0.717, 1.165) is 17.3 Å². The quantitative estimate of drug-likeness (QED) is 0.665. The van der Waals surface area contributed by atoms with E-state index >= 15 is 0 Å². The second-order valence-electron chi connectivity index (χ2n) is 7.99. The number of urea groups is 1. The van der Waals surface area contributed by atoms with Gasteiger partial charge in [0.05, 0.1) is 12.7 Å². The van der Waals surface area contributed by atoms with E-state index in [1.807, 2.05) is 27.7 Å². The van der Waals surface area contributed by atoms with E-state index < -0.39 is 16.1 Å². The summed E-state index contributed by atoms with van der Waals surface area (Å²) >= 11 is 6.25. The average molecular weight is 471 g/mol. The van der Waals surface area contributed by atoms with Gasteiger partial charge in [0.25, 0.3) is 10.0 Å². The minimum absolute atomic E-state index is 0.0629. The normalized spacial score (nSPS) is 16.2. The molecule has 1 aliphatic rings. The van der Waals surface area contributed by atoms with Crippen LogP contribution in [-0.4, -0.2) is 44.1 Å². The monoisotopic (exact) mass is 470 g/mol. The van der Waals surface area contributed by atoms with Crippen molar-refractivity contribution in [3.05, 3.63) is 34.5 Å². The number of aromatic nitrogens is 2.